The molecule has 0 atom stereocenters. The van der Waals surface area contributed by atoms with Crippen molar-refractivity contribution in [2.45, 2.75) is 20.8 Å². The van der Waals surface area contributed by atoms with E-state index in [4.69, 9.17) is 0 Å². The zero-order chi connectivity index (χ0) is 14.8. The number of rotatable bonds is 3. The molecule has 0 radical (unpaired) electrons. The average Bonchev–Trinajstić information content (AvgIpc) is 2.86. The molecule has 20 heavy (non-hydrogen) atoms. The summed E-state index contributed by atoms with van der Waals surface area (Å²) in [7, 11) is 0. The van der Waals surface area contributed by atoms with E-state index in [-0.39, 0.29) is 0 Å². The Kier molecular flexibility index (Phi) is 3.89. The second-order valence-electron chi connectivity index (χ2n) is 5.18. The lowest BCUT2D eigenvalue weighted by atomic mass is 9.90. The molecule has 1 N–H and O–H groups in total. The molecular formula is C13H14N4O2S. The summed E-state index contributed by atoms with van der Waals surface area (Å²) < 4.78 is 0. The number of anilines is 1. The van der Waals surface area contributed by atoms with Crippen LogP contribution in [0.25, 0.3) is 10.6 Å². The first kappa shape index (κ1) is 14.3. The van der Waals surface area contributed by atoms with Crippen LogP contribution < -0.4 is 5.32 Å². The van der Waals surface area contributed by atoms with Crippen molar-refractivity contribution in [3.8, 4) is 10.6 Å². The zero-order valence-electron chi connectivity index (χ0n) is 11.4. The molecule has 1 amide bonds. The maximum absolute atomic E-state index is 11.8. The van der Waals surface area contributed by atoms with Gasteiger partial charge in [0.25, 0.3) is 5.91 Å². The van der Waals surface area contributed by atoms with Gasteiger partial charge in [-0.1, -0.05) is 32.1 Å². The molecule has 2 aromatic rings. The van der Waals surface area contributed by atoms with E-state index in [2.05, 4.69) is 20.5 Å². The second kappa shape index (κ2) is 5.46. The molecule has 0 saturated carbocycles. The van der Waals surface area contributed by atoms with Crippen molar-refractivity contribution in [3.63, 3.8) is 0 Å². The minimum atomic E-state index is -0.720. The minimum Gasteiger partial charge on any atom is -0.294 e. The molecule has 0 spiro atoms. The number of aromatic nitrogens is 3. The quantitative estimate of drug-likeness (QED) is 0.875. The van der Waals surface area contributed by atoms with E-state index in [0.717, 1.165) is 5.56 Å². The van der Waals surface area contributed by atoms with E-state index in [1.54, 1.807) is 45.3 Å². The minimum absolute atomic E-state index is 0.305. The van der Waals surface area contributed by atoms with E-state index in [0.29, 0.717) is 10.1 Å². The summed E-state index contributed by atoms with van der Waals surface area (Å²) in [6.45, 7) is 5.08. The molecule has 2 heterocycles. The Labute approximate surface area is 120 Å². The summed E-state index contributed by atoms with van der Waals surface area (Å²) in [6, 6.07) is 3.60. The van der Waals surface area contributed by atoms with E-state index in [1.165, 1.54) is 11.3 Å². The molecule has 2 rings (SSSR count). The largest absolute Gasteiger partial charge is 0.294 e. The molecule has 0 aliphatic heterocycles. The zero-order valence-corrected chi connectivity index (χ0v) is 12.2. The highest BCUT2D eigenvalue weighted by molar-refractivity contribution is 7.18. The van der Waals surface area contributed by atoms with Crippen LogP contribution in [0.1, 0.15) is 20.8 Å². The van der Waals surface area contributed by atoms with Crippen LogP contribution in [0.3, 0.4) is 0 Å². The molecule has 0 aliphatic carbocycles. The summed E-state index contributed by atoms with van der Waals surface area (Å²) in [5.74, 6) is -1.16. The molecule has 0 fully saturated rings. The van der Waals surface area contributed by atoms with Crippen LogP contribution >= 0.6 is 11.3 Å². The monoisotopic (exact) mass is 290 g/mol. The highest BCUT2D eigenvalue weighted by atomic mass is 32.1. The van der Waals surface area contributed by atoms with Gasteiger partial charge in [0, 0.05) is 23.4 Å². The number of carbonyl (C=O) groups excluding carboxylic acids is 2. The van der Waals surface area contributed by atoms with Gasteiger partial charge in [-0.2, -0.15) is 0 Å². The van der Waals surface area contributed by atoms with Gasteiger partial charge in [0.15, 0.2) is 0 Å². The Hall–Kier alpha value is -2.15. The number of amides is 1. The number of carbonyl (C=O) groups is 2. The molecule has 104 valence electrons. The molecule has 2 aromatic heterocycles. The van der Waals surface area contributed by atoms with E-state index < -0.39 is 17.1 Å². The lowest BCUT2D eigenvalue weighted by molar-refractivity contribution is -0.139. The Morgan fingerprint density at radius 1 is 1.15 bits per heavy atom. The molecule has 0 aliphatic rings. The van der Waals surface area contributed by atoms with Crippen LogP contribution in [-0.4, -0.2) is 26.9 Å². The highest BCUT2D eigenvalue weighted by Gasteiger charge is 2.28. The predicted molar refractivity (Wildman–Crippen MR) is 76.2 cm³/mol. The van der Waals surface area contributed by atoms with Crippen LogP contribution in [0.5, 0.6) is 0 Å². The number of pyridine rings is 1. The molecule has 6 nitrogen and oxygen atoms in total. The summed E-state index contributed by atoms with van der Waals surface area (Å²) in [4.78, 5) is 27.5. The third-order valence-electron chi connectivity index (χ3n) is 2.46. The Balaban J connectivity index is 2.11. The predicted octanol–water partition coefficient (Wildman–Crippen LogP) is 2.15. The van der Waals surface area contributed by atoms with Crippen LogP contribution in [0.4, 0.5) is 5.13 Å². The summed E-state index contributed by atoms with van der Waals surface area (Å²) in [5.41, 5.74) is 0.142. The third-order valence-corrected chi connectivity index (χ3v) is 3.35. The lowest BCUT2D eigenvalue weighted by Gasteiger charge is -2.14. The molecule has 7 heteroatoms. The summed E-state index contributed by atoms with van der Waals surface area (Å²) in [5, 5.41) is 11.3. The van der Waals surface area contributed by atoms with Crippen molar-refractivity contribution in [1.82, 2.24) is 15.2 Å². The number of hydrogen-bond donors (Lipinski definition) is 1. The third kappa shape index (κ3) is 3.24. The fraction of sp³-hybridized carbons (Fsp3) is 0.308. The van der Waals surface area contributed by atoms with E-state index >= 15 is 0 Å². The van der Waals surface area contributed by atoms with E-state index in [9.17, 15) is 9.59 Å². The van der Waals surface area contributed by atoms with Gasteiger partial charge in [-0.05, 0) is 12.1 Å². The standard InChI is InChI=1S/C13H14N4O2S/c1-13(2,3)9(18)10(19)15-12-17-16-11(20-12)8-4-6-14-7-5-8/h4-7H,1-3H3,(H,15,17,19). The molecule has 0 unspecified atom stereocenters. The van der Waals surface area contributed by atoms with Crippen LogP contribution in [0.2, 0.25) is 0 Å². The van der Waals surface area contributed by atoms with Gasteiger partial charge in [0.05, 0.1) is 0 Å². The topological polar surface area (TPSA) is 84.8 Å². The van der Waals surface area contributed by atoms with Crippen molar-refractivity contribution in [3.05, 3.63) is 24.5 Å². The van der Waals surface area contributed by atoms with Crippen LogP contribution in [0, 0.1) is 5.41 Å². The second-order valence-corrected chi connectivity index (χ2v) is 6.16. The van der Waals surface area contributed by atoms with Crippen molar-refractivity contribution < 1.29 is 9.59 Å². The number of Topliss-reactive ketones (excluding diaryl/α,β-unsaturated/α-hetero) is 1. The van der Waals surface area contributed by atoms with Gasteiger partial charge >= 0.3 is 0 Å². The Bertz CT molecular complexity index is 631. The Morgan fingerprint density at radius 2 is 1.80 bits per heavy atom. The average molecular weight is 290 g/mol. The number of nitrogens with zero attached hydrogens (tertiary/aromatic N) is 3. The summed E-state index contributed by atoms with van der Waals surface area (Å²) in [6.07, 6.45) is 3.30. The summed E-state index contributed by atoms with van der Waals surface area (Å²) >= 11 is 1.21. The first-order valence-corrected chi connectivity index (χ1v) is 6.79. The Morgan fingerprint density at radius 3 is 2.40 bits per heavy atom. The molecular weight excluding hydrogens is 276 g/mol. The van der Waals surface area contributed by atoms with Crippen molar-refractivity contribution >= 4 is 28.2 Å². The smallest absolute Gasteiger partial charge is 0.294 e. The van der Waals surface area contributed by atoms with Crippen molar-refractivity contribution in [2.24, 2.45) is 5.41 Å². The van der Waals surface area contributed by atoms with E-state index in [1.807, 2.05) is 0 Å². The number of ketones is 1. The first-order valence-electron chi connectivity index (χ1n) is 5.97. The van der Waals surface area contributed by atoms with Crippen molar-refractivity contribution in [2.75, 3.05) is 5.32 Å². The van der Waals surface area contributed by atoms with Gasteiger partial charge in [-0.25, -0.2) is 0 Å². The normalized spacial score (nSPS) is 11.2. The maximum Gasteiger partial charge on any atom is 0.294 e. The lowest BCUT2D eigenvalue weighted by Crippen LogP contribution is -2.33. The fourth-order valence-electron chi connectivity index (χ4n) is 1.38. The van der Waals surface area contributed by atoms with Gasteiger partial charge in [0.2, 0.25) is 10.9 Å². The van der Waals surface area contributed by atoms with Crippen molar-refractivity contribution in [1.29, 1.82) is 0 Å². The number of nitrogens with one attached hydrogen (secondary N) is 1. The SMILES string of the molecule is CC(C)(C)C(=O)C(=O)Nc1nnc(-c2ccncc2)s1. The highest BCUT2D eigenvalue weighted by Crippen LogP contribution is 2.26. The van der Waals surface area contributed by atoms with Crippen LogP contribution in [0.15, 0.2) is 24.5 Å². The van der Waals surface area contributed by atoms with Gasteiger partial charge in [-0.15, -0.1) is 10.2 Å². The molecule has 0 aromatic carbocycles. The maximum atomic E-state index is 11.8. The molecule has 0 bridgehead atoms. The first-order chi connectivity index (χ1) is 9.38. The molecule has 0 saturated heterocycles. The number of hydrogen-bond acceptors (Lipinski definition) is 6. The van der Waals surface area contributed by atoms with Gasteiger partial charge in [0.1, 0.15) is 5.01 Å². The fourth-order valence-corrected chi connectivity index (χ4v) is 2.12. The van der Waals surface area contributed by atoms with Gasteiger partial charge < -0.3 is 0 Å². The van der Waals surface area contributed by atoms with Gasteiger partial charge in [-0.3, -0.25) is 19.9 Å². The van der Waals surface area contributed by atoms with Crippen LogP contribution in [-0.2, 0) is 9.59 Å².